The van der Waals surface area contributed by atoms with Crippen molar-refractivity contribution in [3.05, 3.63) is 24.3 Å². The number of carbonyl (C=O) groups excluding carboxylic acids is 1. The van der Waals surface area contributed by atoms with Gasteiger partial charge >= 0.3 is 0 Å². The van der Waals surface area contributed by atoms with Gasteiger partial charge < -0.3 is 15.8 Å². The molecule has 18 heavy (non-hydrogen) atoms. The molecule has 1 aromatic rings. The van der Waals surface area contributed by atoms with Crippen LogP contribution in [0.25, 0.3) is 0 Å². The highest BCUT2D eigenvalue weighted by molar-refractivity contribution is 5.94. The summed E-state index contributed by atoms with van der Waals surface area (Å²) in [6.45, 7) is 4.64. The smallest absolute Gasteiger partial charge is 0.241 e. The van der Waals surface area contributed by atoms with Gasteiger partial charge in [0, 0.05) is 5.69 Å². The predicted octanol–water partition coefficient (Wildman–Crippen LogP) is 2.57. The van der Waals surface area contributed by atoms with Gasteiger partial charge in [-0.25, -0.2) is 0 Å². The molecule has 0 bridgehead atoms. The molecule has 1 aromatic carbocycles. The van der Waals surface area contributed by atoms with Crippen LogP contribution in [0.3, 0.4) is 0 Å². The van der Waals surface area contributed by atoms with Crippen LogP contribution < -0.4 is 15.8 Å². The molecule has 0 spiro atoms. The van der Waals surface area contributed by atoms with Crippen LogP contribution in [0.5, 0.6) is 5.75 Å². The summed E-state index contributed by atoms with van der Waals surface area (Å²) in [5.74, 6) is 0.652. The Hall–Kier alpha value is -1.26. The van der Waals surface area contributed by atoms with Crippen LogP contribution in [0.1, 0.15) is 26.7 Å². The van der Waals surface area contributed by atoms with Gasteiger partial charge in [0.05, 0.1) is 12.6 Å². The topological polar surface area (TPSA) is 64.3 Å². The van der Waals surface area contributed by atoms with Crippen LogP contribution in [-0.2, 0) is 4.79 Å². The fourth-order valence-electron chi connectivity index (χ4n) is 1.27. The third-order valence-corrected chi connectivity index (χ3v) is 2.37. The first-order chi connectivity index (χ1) is 8.17. The lowest BCUT2D eigenvalue weighted by atomic mass is 10.2. The van der Waals surface area contributed by atoms with Gasteiger partial charge in [-0.05, 0) is 37.1 Å². The van der Waals surface area contributed by atoms with E-state index in [1.165, 1.54) is 0 Å². The molecule has 0 saturated carbocycles. The third kappa shape index (κ3) is 5.38. The molecule has 5 heteroatoms. The fraction of sp³-hybridized carbons (Fsp3) is 0.462. The maximum atomic E-state index is 11.5. The van der Waals surface area contributed by atoms with Crippen LogP contribution in [-0.4, -0.2) is 18.6 Å². The molecular formula is C13H21ClN2O2. The Morgan fingerprint density at radius 2 is 1.94 bits per heavy atom. The lowest BCUT2D eigenvalue weighted by Crippen LogP contribution is -2.34. The number of rotatable bonds is 6. The zero-order valence-electron chi connectivity index (χ0n) is 10.8. The van der Waals surface area contributed by atoms with Crippen molar-refractivity contribution in [2.24, 2.45) is 5.73 Å². The van der Waals surface area contributed by atoms with Crippen molar-refractivity contribution in [2.45, 2.75) is 32.7 Å². The number of anilines is 1. The molecule has 0 saturated heterocycles. The SMILES string of the molecule is CCCOc1ccc(NC(=O)[C@@H](N)CC)cc1.Cl. The van der Waals surface area contributed by atoms with Crippen molar-refractivity contribution in [3.8, 4) is 5.75 Å². The standard InChI is InChI=1S/C13H20N2O2.ClH/c1-3-9-17-11-7-5-10(6-8-11)15-13(16)12(14)4-2;/h5-8,12H,3-4,9,14H2,1-2H3,(H,15,16);1H/t12-;/m0./s1. The monoisotopic (exact) mass is 272 g/mol. The number of ether oxygens (including phenoxy) is 1. The molecule has 1 atom stereocenters. The molecule has 0 fully saturated rings. The van der Waals surface area contributed by atoms with Crippen LogP contribution in [0, 0.1) is 0 Å². The minimum absolute atomic E-state index is 0. The molecule has 0 radical (unpaired) electrons. The van der Waals surface area contributed by atoms with Crippen molar-refractivity contribution >= 4 is 24.0 Å². The van der Waals surface area contributed by atoms with Crippen molar-refractivity contribution in [1.82, 2.24) is 0 Å². The second-order valence-electron chi connectivity index (χ2n) is 3.88. The summed E-state index contributed by atoms with van der Waals surface area (Å²) in [6.07, 6.45) is 1.60. The van der Waals surface area contributed by atoms with Crippen LogP contribution in [0.2, 0.25) is 0 Å². The second-order valence-corrected chi connectivity index (χ2v) is 3.88. The molecule has 1 rings (SSSR count). The average molecular weight is 273 g/mol. The van der Waals surface area contributed by atoms with E-state index in [-0.39, 0.29) is 18.3 Å². The van der Waals surface area contributed by atoms with Crippen LogP contribution in [0.15, 0.2) is 24.3 Å². The minimum Gasteiger partial charge on any atom is -0.494 e. The first-order valence-corrected chi connectivity index (χ1v) is 5.96. The van der Waals surface area contributed by atoms with Gasteiger partial charge in [-0.1, -0.05) is 13.8 Å². The first-order valence-electron chi connectivity index (χ1n) is 5.96. The quantitative estimate of drug-likeness (QED) is 0.837. The number of hydrogen-bond acceptors (Lipinski definition) is 3. The molecule has 0 aromatic heterocycles. The molecule has 4 nitrogen and oxygen atoms in total. The molecule has 0 aliphatic heterocycles. The minimum atomic E-state index is -0.453. The largest absolute Gasteiger partial charge is 0.494 e. The number of benzene rings is 1. The Morgan fingerprint density at radius 3 is 2.44 bits per heavy atom. The van der Waals surface area contributed by atoms with E-state index >= 15 is 0 Å². The van der Waals surface area contributed by atoms with E-state index in [2.05, 4.69) is 12.2 Å². The predicted molar refractivity (Wildman–Crippen MR) is 76.4 cm³/mol. The maximum Gasteiger partial charge on any atom is 0.241 e. The van der Waals surface area contributed by atoms with Gasteiger partial charge in [0.15, 0.2) is 0 Å². The van der Waals surface area contributed by atoms with Crippen molar-refractivity contribution in [1.29, 1.82) is 0 Å². The molecule has 1 amide bonds. The maximum absolute atomic E-state index is 11.5. The van der Waals surface area contributed by atoms with Crippen molar-refractivity contribution < 1.29 is 9.53 Å². The normalized spacial score (nSPS) is 11.3. The molecule has 0 aliphatic rings. The summed E-state index contributed by atoms with van der Waals surface area (Å²) in [5.41, 5.74) is 6.36. The Labute approximate surface area is 114 Å². The van der Waals surface area contributed by atoms with Gasteiger partial charge in [-0.3, -0.25) is 4.79 Å². The van der Waals surface area contributed by atoms with Gasteiger partial charge in [0.25, 0.3) is 0 Å². The molecule has 102 valence electrons. The lowest BCUT2D eigenvalue weighted by Gasteiger charge is -2.10. The number of halogens is 1. The number of amides is 1. The Balaban J connectivity index is 0.00000289. The van der Waals surface area contributed by atoms with E-state index in [9.17, 15) is 4.79 Å². The summed E-state index contributed by atoms with van der Waals surface area (Å²) in [7, 11) is 0. The van der Waals surface area contributed by atoms with E-state index in [0.29, 0.717) is 13.0 Å². The molecular weight excluding hydrogens is 252 g/mol. The Bertz CT molecular complexity index is 355. The third-order valence-electron chi connectivity index (χ3n) is 2.37. The van der Waals surface area contributed by atoms with E-state index < -0.39 is 6.04 Å². The van der Waals surface area contributed by atoms with E-state index in [1.54, 1.807) is 0 Å². The summed E-state index contributed by atoms with van der Waals surface area (Å²) in [4.78, 5) is 11.5. The van der Waals surface area contributed by atoms with Gasteiger partial charge in [-0.2, -0.15) is 0 Å². The lowest BCUT2D eigenvalue weighted by molar-refractivity contribution is -0.117. The van der Waals surface area contributed by atoms with E-state index in [1.807, 2.05) is 31.2 Å². The van der Waals surface area contributed by atoms with Crippen molar-refractivity contribution in [2.75, 3.05) is 11.9 Å². The highest BCUT2D eigenvalue weighted by Gasteiger charge is 2.10. The number of nitrogens with one attached hydrogen (secondary N) is 1. The van der Waals surface area contributed by atoms with E-state index in [0.717, 1.165) is 17.9 Å². The van der Waals surface area contributed by atoms with Crippen molar-refractivity contribution in [3.63, 3.8) is 0 Å². The highest BCUT2D eigenvalue weighted by atomic mass is 35.5. The highest BCUT2D eigenvalue weighted by Crippen LogP contribution is 2.16. The van der Waals surface area contributed by atoms with Crippen LogP contribution in [0.4, 0.5) is 5.69 Å². The molecule has 3 N–H and O–H groups in total. The van der Waals surface area contributed by atoms with Gasteiger partial charge in [0.1, 0.15) is 5.75 Å². The molecule has 0 aliphatic carbocycles. The number of nitrogens with two attached hydrogens (primary N) is 1. The van der Waals surface area contributed by atoms with Crippen LogP contribution >= 0.6 is 12.4 Å². The Morgan fingerprint density at radius 1 is 1.33 bits per heavy atom. The molecule has 0 unspecified atom stereocenters. The zero-order valence-corrected chi connectivity index (χ0v) is 11.6. The summed E-state index contributed by atoms with van der Waals surface area (Å²) < 4.78 is 5.45. The van der Waals surface area contributed by atoms with E-state index in [4.69, 9.17) is 10.5 Å². The Kier molecular flexibility index (Phi) is 8.16. The fourth-order valence-corrected chi connectivity index (χ4v) is 1.27. The zero-order chi connectivity index (χ0) is 12.7. The van der Waals surface area contributed by atoms with Gasteiger partial charge in [-0.15, -0.1) is 12.4 Å². The summed E-state index contributed by atoms with van der Waals surface area (Å²) in [5, 5.41) is 2.76. The second kappa shape index (κ2) is 8.78. The number of hydrogen-bond donors (Lipinski definition) is 2. The number of carbonyl (C=O) groups is 1. The first kappa shape index (κ1) is 16.7. The average Bonchev–Trinajstić information content (AvgIpc) is 2.37. The van der Waals surface area contributed by atoms with Gasteiger partial charge in [0.2, 0.25) is 5.91 Å². The summed E-state index contributed by atoms with van der Waals surface area (Å²) >= 11 is 0. The molecule has 0 heterocycles. The summed E-state index contributed by atoms with van der Waals surface area (Å²) in [6, 6.07) is 6.84.